The summed E-state index contributed by atoms with van der Waals surface area (Å²) in [6.45, 7) is 6.48. The van der Waals surface area contributed by atoms with Crippen molar-refractivity contribution in [3.8, 4) is 0 Å². The van der Waals surface area contributed by atoms with Gasteiger partial charge in [-0.25, -0.2) is 9.78 Å². The smallest absolute Gasteiger partial charge is 0.405 e. The Morgan fingerprint density at radius 3 is 2.58 bits per heavy atom. The third kappa shape index (κ3) is 3.45. The second kappa shape index (κ2) is 6.92. The van der Waals surface area contributed by atoms with Gasteiger partial charge in [0.2, 0.25) is 11.0 Å². The Hall–Kier alpha value is -1.90. The van der Waals surface area contributed by atoms with Crippen LogP contribution in [-0.2, 0) is 4.79 Å². The van der Waals surface area contributed by atoms with Crippen molar-refractivity contribution in [1.29, 1.82) is 0 Å². The summed E-state index contributed by atoms with van der Waals surface area (Å²) in [5, 5.41) is 12.1. The van der Waals surface area contributed by atoms with Crippen molar-refractivity contribution in [3.05, 3.63) is 5.82 Å². The van der Waals surface area contributed by atoms with Crippen molar-refractivity contribution in [2.45, 2.75) is 51.1 Å². The van der Waals surface area contributed by atoms with E-state index in [2.05, 4.69) is 33.4 Å². The van der Waals surface area contributed by atoms with E-state index >= 15 is 0 Å². The number of rotatable bonds is 4. The van der Waals surface area contributed by atoms with Gasteiger partial charge in [0, 0.05) is 43.1 Å². The molecule has 1 atom stereocenters. The lowest BCUT2D eigenvalue weighted by atomic mass is 10.0. The van der Waals surface area contributed by atoms with E-state index in [9.17, 15) is 9.59 Å². The Labute approximate surface area is 145 Å². The Bertz CT molecular complexity index is 612. The lowest BCUT2D eigenvalue weighted by Gasteiger charge is -2.36. The van der Waals surface area contributed by atoms with Gasteiger partial charge in [0.25, 0.3) is 0 Å². The van der Waals surface area contributed by atoms with Gasteiger partial charge in [-0.15, -0.1) is 0 Å². The lowest BCUT2D eigenvalue weighted by Crippen LogP contribution is -2.48. The molecule has 0 bridgehead atoms. The predicted molar refractivity (Wildman–Crippen MR) is 90.5 cm³/mol. The highest BCUT2D eigenvalue weighted by Gasteiger charge is 2.38. The van der Waals surface area contributed by atoms with Gasteiger partial charge in [0.15, 0.2) is 0 Å². The largest absolute Gasteiger partial charge is 0.465 e. The van der Waals surface area contributed by atoms with Gasteiger partial charge >= 0.3 is 6.09 Å². The highest BCUT2D eigenvalue weighted by atomic mass is 32.1. The minimum absolute atomic E-state index is 0.0890. The zero-order valence-corrected chi connectivity index (χ0v) is 14.8. The SMILES string of the molecule is CC(C)c1nsc(N2CCC(N3CCC(NC(=O)O)C3=O)CC2)n1. The third-order valence-electron chi connectivity index (χ3n) is 4.66. The Balaban J connectivity index is 1.55. The highest BCUT2D eigenvalue weighted by Crippen LogP contribution is 2.27. The van der Waals surface area contributed by atoms with Crippen LogP contribution in [0.1, 0.15) is 44.9 Å². The summed E-state index contributed by atoms with van der Waals surface area (Å²) in [4.78, 5) is 31.7. The highest BCUT2D eigenvalue weighted by molar-refractivity contribution is 7.09. The monoisotopic (exact) mass is 353 g/mol. The molecule has 24 heavy (non-hydrogen) atoms. The minimum Gasteiger partial charge on any atom is -0.465 e. The summed E-state index contributed by atoms with van der Waals surface area (Å²) in [5.41, 5.74) is 0. The molecule has 0 aromatic carbocycles. The van der Waals surface area contributed by atoms with E-state index in [4.69, 9.17) is 5.11 Å². The first-order valence-corrected chi connectivity index (χ1v) is 9.11. The molecule has 132 valence electrons. The van der Waals surface area contributed by atoms with Crippen LogP contribution < -0.4 is 10.2 Å². The number of aromatic nitrogens is 2. The maximum Gasteiger partial charge on any atom is 0.405 e. The maximum absolute atomic E-state index is 12.3. The van der Waals surface area contributed by atoms with Crippen LogP contribution in [0.3, 0.4) is 0 Å². The van der Waals surface area contributed by atoms with Gasteiger partial charge in [-0.3, -0.25) is 4.79 Å². The van der Waals surface area contributed by atoms with Gasteiger partial charge in [0.1, 0.15) is 11.9 Å². The fourth-order valence-corrected chi connectivity index (χ4v) is 4.16. The number of nitrogens with zero attached hydrogens (tertiary/aromatic N) is 4. The molecule has 2 fully saturated rings. The van der Waals surface area contributed by atoms with Crippen LogP contribution in [0.2, 0.25) is 0 Å². The van der Waals surface area contributed by atoms with Gasteiger partial charge in [0.05, 0.1) is 0 Å². The second-order valence-corrected chi connectivity index (χ2v) is 7.36. The molecule has 0 saturated carbocycles. The van der Waals surface area contributed by atoms with Gasteiger partial charge in [-0.2, -0.15) is 4.37 Å². The molecule has 0 aliphatic carbocycles. The molecule has 3 heterocycles. The molecule has 2 N–H and O–H groups in total. The number of nitrogens with one attached hydrogen (secondary N) is 1. The van der Waals surface area contributed by atoms with Gasteiger partial charge in [-0.05, 0) is 19.3 Å². The maximum atomic E-state index is 12.3. The number of anilines is 1. The first-order chi connectivity index (χ1) is 11.5. The second-order valence-electron chi connectivity index (χ2n) is 6.63. The molecule has 1 aromatic rings. The predicted octanol–water partition coefficient (Wildman–Crippen LogP) is 1.50. The average molecular weight is 353 g/mol. The number of carbonyl (C=O) groups excluding carboxylic acids is 1. The van der Waals surface area contributed by atoms with E-state index in [1.807, 2.05) is 4.90 Å². The third-order valence-corrected chi connectivity index (χ3v) is 5.45. The summed E-state index contributed by atoms with van der Waals surface area (Å²) >= 11 is 1.43. The van der Waals surface area contributed by atoms with Crippen molar-refractivity contribution >= 4 is 28.7 Å². The molecule has 2 amide bonds. The van der Waals surface area contributed by atoms with Crippen LogP contribution in [0.25, 0.3) is 0 Å². The number of carbonyl (C=O) groups is 2. The summed E-state index contributed by atoms with van der Waals surface area (Å²) in [6, 6.07) is -0.399. The van der Waals surface area contributed by atoms with Crippen LogP contribution >= 0.6 is 11.5 Å². The molecular formula is C15H23N5O3S. The summed E-state index contributed by atoms with van der Waals surface area (Å²) in [7, 11) is 0. The lowest BCUT2D eigenvalue weighted by molar-refractivity contribution is -0.131. The van der Waals surface area contributed by atoms with Crippen molar-refractivity contribution in [2.75, 3.05) is 24.5 Å². The summed E-state index contributed by atoms with van der Waals surface area (Å²) in [5.74, 6) is 1.12. The number of piperidine rings is 1. The van der Waals surface area contributed by atoms with Crippen molar-refractivity contribution in [3.63, 3.8) is 0 Å². The van der Waals surface area contributed by atoms with E-state index in [1.165, 1.54) is 11.5 Å². The van der Waals surface area contributed by atoms with E-state index in [-0.39, 0.29) is 11.9 Å². The van der Waals surface area contributed by atoms with Gasteiger partial charge < -0.3 is 20.2 Å². The zero-order valence-electron chi connectivity index (χ0n) is 13.9. The van der Waals surface area contributed by atoms with Crippen molar-refractivity contribution < 1.29 is 14.7 Å². The molecule has 2 saturated heterocycles. The fourth-order valence-electron chi connectivity index (χ4n) is 3.31. The van der Waals surface area contributed by atoms with Crippen LogP contribution in [0.5, 0.6) is 0 Å². The topological polar surface area (TPSA) is 98.7 Å². The number of amides is 2. The number of hydrogen-bond donors (Lipinski definition) is 2. The van der Waals surface area contributed by atoms with Crippen LogP contribution in [0.4, 0.5) is 9.93 Å². The average Bonchev–Trinajstić information content (AvgIpc) is 3.16. The quantitative estimate of drug-likeness (QED) is 0.851. The Morgan fingerprint density at radius 1 is 1.29 bits per heavy atom. The molecule has 3 rings (SSSR count). The van der Waals surface area contributed by atoms with E-state index in [0.29, 0.717) is 18.9 Å². The summed E-state index contributed by atoms with van der Waals surface area (Å²) in [6.07, 6.45) is 1.17. The zero-order chi connectivity index (χ0) is 17.3. The normalized spacial score (nSPS) is 22.5. The molecule has 1 unspecified atom stereocenters. The molecule has 8 nitrogen and oxygen atoms in total. The van der Waals surface area contributed by atoms with Gasteiger partial charge in [-0.1, -0.05) is 13.8 Å². The first kappa shape index (κ1) is 16.9. The molecular weight excluding hydrogens is 330 g/mol. The molecule has 1 aromatic heterocycles. The summed E-state index contributed by atoms with van der Waals surface area (Å²) < 4.78 is 4.40. The number of likely N-dealkylation sites (tertiary alicyclic amines) is 1. The molecule has 2 aliphatic heterocycles. The molecule has 0 radical (unpaired) electrons. The minimum atomic E-state index is -1.14. The van der Waals surface area contributed by atoms with Crippen LogP contribution in [0, 0.1) is 0 Å². The van der Waals surface area contributed by atoms with E-state index in [1.54, 1.807) is 0 Å². The van der Waals surface area contributed by atoms with E-state index < -0.39 is 12.1 Å². The van der Waals surface area contributed by atoms with Crippen LogP contribution in [0.15, 0.2) is 0 Å². The molecule has 0 spiro atoms. The molecule has 9 heteroatoms. The van der Waals surface area contributed by atoms with E-state index in [0.717, 1.165) is 36.9 Å². The van der Waals surface area contributed by atoms with Crippen molar-refractivity contribution in [2.24, 2.45) is 0 Å². The fraction of sp³-hybridized carbons (Fsp3) is 0.733. The first-order valence-electron chi connectivity index (χ1n) is 8.34. The Kier molecular flexibility index (Phi) is 4.88. The Morgan fingerprint density at radius 2 is 2.00 bits per heavy atom. The molecule has 2 aliphatic rings. The standard InChI is InChI=1S/C15H23N5O3S/c1-9(2)12-17-14(24-18-12)19-6-3-10(4-7-19)20-8-5-11(13(20)21)16-15(22)23/h9-11,16H,3-8H2,1-2H3,(H,22,23). The number of hydrogen-bond acceptors (Lipinski definition) is 6. The van der Waals surface area contributed by atoms with Crippen molar-refractivity contribution in [1.82, 2.24) is 19.6 Å². The van der Waals surface area contributed by atoms with Crippen LogP contribution in [-0.4, -0.2) is 63.1 Å². The number of carboxylic acid groups (broad SMARTS) is 1.